The average molecular weight is 294 g/mol. The van der Waals surface area contributed by atoms with Crippen molar-refractivity contribution in [3.63, 3.8) is 0 Å². The number of hydrogen-bond acceptors (Lipinski definition) is 5. The first-order valence-electron chi connectivity index (χ1n) is 5.01. The van der Waals surface area contributed by atoms with Crippen LogP contribution in [0.1, 0.15) is 5.56 Å². The first-order valence-corrected chi connectivity index (χ1v) is 5.80. The number of rotatable bonds is 3. The third-order valence-corrected chi connectivity index (χ3v) is 2.77. The minimum absolute atomic E-state index is 0.565. The van der Waals surface area contributed by atoms with Crippen LogP contribution in [-0.2, 0) is 0 Å². The summed E-state index contributed by atoms with van der Waals surface area (Å²) in [5.41, 5.74) is 4.60. The van der Waals surface area contributed by atoms with Crippen LogP contribution < -0.4 is 16.6 Å². The summed E-state index contributed by atoms with van der Waals surface area (Å²) in [5.74, 6) is 6.54. The molecule has 1 aromatic carbocycles. The van der Waals surface area contributed by atoms with Crippen molar-refractivity contribution in [1.29, 1.82) is 0 Å². The van der Waals surface area contributed by atoms with E-state index in [1.807, 2.05) is 25.1 Å². The first kappa shape index (κ1) is 11.8. The lowest BCUT2D eigenvalue weighted by Crippen LogP contribution is -2.09. The first-order chi connectivity index (χ1) is 8.19. The predicted molar refractivity (Wildman–Crippen MR) is 72.0 cm³/mol. The molecule has 0 amide bonds. The normalized spacial score (nSPS) is 10.1. The zero-order valence-corrected chi connectivity index (χ0v) is 10.8. The summed E-state index contributed by atoms with van der Waals surface area (Å²) < 4.78 is 1.01. The van der Waals surface area contributed by atoms with Crippen LogP contribution >= 0.6 is 15.9 Å². The fraction of sp³-hybridized carbons (Fsp3) is 0.0909. The van der Waals surface area contributed by atoms with Crippen LogP contribution in [0.25, 0.3) is 0 Å². The summed E-state index contributed by atoms with van der Waals surface area (Å²) in [6, 6.07) is 7.75. The lowest BCUT2D eigenvalue weighted by molar-refractivity contribution is 1.14. The number of nitrogens with two attached hydrogens (primary N) is 1. The molecule has 6 heteroatoms. The Balaban J connectivity index is 2.27. The molecule has 0 fully saturated rings. The number of anilines is 3. The van der Waals surface area contributed by atoms with Crippen LogP contribution in [0.5, 0.6) is 0 Å². The molecule has 88 valence electrons. The standard InChI is InChI=1S/C11H12BrN5/c1-7-2-3-8(12)4-9(7)16-10-5-11(17-13)15-6-14-10/h2-6H,13H2,1H3,(H2,14,15,16,17). The van der Waals surface area contributed by atoms with Gasteiger partial charge in [-0.15, -0.1) is 0 Å². The van der Waals surface area contributed by atoms with Gasteiger partial charge in [0.2, 0.25) is 0 Å². The molecule has 0 saturated heterocycles. The van der Waals surface area contributed by atoms with Crippen molar-refractivity contribution in [2.24, 2.45) is 5.84 Å². The number of aromatic nitrogens is 2. The number of hydrogen-bond donors (Lipinski definition) is 3. The topological polar surface area (TPSA) is 75.9 Å². The van der Waals surface area contributed by atoms with E-state index in [0.29, 0.717) is 11.6 Å². The molecule has 5 nitrogen and oxygen atoms in total. The Morgan fingerprint density at radius 2 is 1.94 bits per heavy atom. The van der Waals surface area contributed by atoms with Gasteiger partial charge in [0.25, 0.3) is 0 Å². The molecule has 0 aliphatic rings. The van der Waals surface area contributed by atoms with Gasteiger partial charge in [0, 0.05) is 16.2 Å². The van der Waals surface area contributed by atoms with E-state index in [1.54, 1.807) is 6.07 Å². The van der Waals surface area contributed by atoms with Gasteiger partial charge in [0.15, 0.2) is 0 Å². The van der Waals surface area contributed by atoms with Crippen LogP contribution in [0.15, 0.2) is 35.1 Å². The fourth-order valence-corrected chi connectivity index (χ4v) is 1.73. The van der Waals surface area contributed by atoms with Gasteiger partial charge in [0.1, 0.15) is 18.0 Å². The van der Waals surface area contributed by atoms with E-state index in [0.717, 1.165) is 15.7 Å². The van der Waals surface area contributed by atoms with Gasteiger partial charge >= 0.3 is 0 Å². The molecular weight excluding hydrogens is 282 g/mol. The smallest absolute Gasteiger partial charge is 0.145 e. The minimum Gasteiger partial charge on any atom is -0.340 e. The molecule has 1 aromatic heterocycles. The van der Waals surface area contributed by atoms with E-state index in [1.165, 1.54) is 6.33 Å². The monoisotopic (exact) mass is 293 g/mol. The summed E-state index contributed by atoms with van der Waals surface area (Å²) in [6.45, 7) is 2.03. The molecule has 0 atom stereocenters. The molecular formula is C11H12BrN5. The van der Waals surface area contributed by atoms with E-state index < -0.39 is 0 Å². The Morgan fingerprint density at radius 3 is 2.71 bits per heavy atom. The lowest BCUT2D eigenvalue weighted by Gasteiger charge is -2.09. The molecule has 0 unspecified atom stereocenters. The maximum atomic E-state index is 5.29. The molecule has 0 saturated carbocycles. The van der Waals surface area contributed by atoms with E-state index in [2.05, 4.69) is 36.6 Å². The second-order valence-electron chi connectivity index (χ2n) is 3.52. The second kappa shape index (κ2) is 5.11. The van der Waals surface area contributed by atoms with Crippen LogP contribution in [-0.4, -0.2) is 9.97 Å². The van der Waals surface area contributed by atoms with Gasteiger partial charge in [-0.1, -0.05) is 22.0 Å². The fourth-order valence-electron chi connectivity index (χ4n) is 1.37. The minimum atomic E-state index is 0.565. The predicted octanol–water partition coefficient (Wildman–Crippen LogP) is 2.58. The highest BCUT2D eigenvalue weighted by Gasteiger charge is 2.02. The highest BCUT2D eigenvalue weighted by molar-refractivity contribution is 9.10. The number of aryl methyl sites for hydroxylation is 1. The van der Waals surface area contributed by atoms with Crippen molar-refractivity contribution in [2.75, 3.05) is 10.7 Å². The van der Waals surface area contributed by atoms with Crippen molar-refractivity contribution < 1.29 is 0 Å². The molecule has 4 N–H and O–H groups in total. The molecule has 0 radical (unpaired) electrons. The highest BCUT2D eigenvalue weighted by atomic mass is 79.9. The molecule has 0 spiro atoms. The molecule has 0 bridgehead atoms. The zero-order chi connectivity index (χ0) is 12.3. The Morgan fingerprint density at radius 1 is 1.18 bits per heavy atom. The van der Waals surface area contributed by atoms with Crippen molar-refractivity contribution in [3.8, 4) is 0 Å². The molecule has 2 aromatic rings. The summed E-state index contributed by atoms with van der Waals surface area (Å²) in [5, 5.41) is 3.21. The van der Waals surface area contributed by atoms with Gasteiger partial charge in [-0.25, -0.2) is 15.8 Å². The van der Waals surface area contributed by atoms with Crippen molar-refractivity contribution in [3.05, 3.63) is 40.6 Å². The number of nitrogen functional groups attached to an aromatic ring is 1. The second-order valence-corrected chi connectivity index (χ2v) is 4.43. The van der Waals surface area contributed by atoms with Gasteiger partial charge in [-0.3, -0.25) is 0 Å². The SMILES string of the molecule is Cc1ccc(Br)cc1Nc1cc(NN)ncn1. The quantitative estimate of drug-likeness (QED) is 0.599. The highest BCUT2D eigenvalue weighted by Crippen LogP contribution is 2.23. The number of hydrazine groups is 1. The summed E-state index contributed by atoms with van der Waals surface area (Å²) >= 11 is 3.43. The van der Waals surface area contributed by atoms with Crippen molar-refractivity contribution >= 4 is 33.3 Å². The van der Waals surface area contributed by atoms with E-state index in [9.17, 15) is 0 Å². The third-order valence-electron chi connectivity index (χ3n) is 2.28. The molecule has 1 heterocycles. The summed E-state index contributed by atoms with van der Waals surface area (Å²) in [4.78, 5) is 8.06. The molecule has 17 heavy (non-hydrogen) atoms. The van der Waals surface area contributed by atoms with Crippen LogP contribution in [0.2, 0.25) is 0 Å². The number of benzene rings is 1. The zero-order valence-electron chi connectivity index (χ0n) is 9.24. The van der Waals surface area contributed by atoms with Crippen molar-refractivity contribution in [1.82, 2.24) is 9.97 Å². The van der Waals surface area contributed by atoms with E-state index >= 15 is 0 Å². The van der Waals surface area contributed by atoms with Gasteiger partial charge < -0.3 is 10.7 Å². The van der Waals surface area contributed by atoms with E-state index in [-0.39, 0.29) is 0 Å². The maximum absolute atomic E-state index is 5.29. The molecule has 2 rings (SSSR count). The average Bonchev–Trinajstić information content (AvgIpc) is 2.34. The van der Waals surface area contributed by atoms with Crippen molar-refractivity contribution in [2.45, 2.75) is 6.92 Å². The Hall–Kier alpha value is -1.66. The lowest BCUT2D eigenvalue weighted by atomic mass is 10.2. The number of nitrogens with zero attached hydrogens (tertiary/aromatic N) is 2. The van der Waals surface area contributed by atoms with Gasteiger partial charge in [-0.2, -0.15) is 0 Å². The van der Waals surface area contributed by atoms with Gasteiger partial charge in [0.05, 0.1) is 0 Å². The van der Waals surface area contributed by atoms with Gasteiger partial charge in [-0.05, 0) is 24.6 Å². The van der Waals surface area contributed by atoms with Crippen LogP contribution in [0.3, 0.4) is 0 Å². The Bertz CT molecular complexity index is 529. The van der Waals surface area contributed by atoms with E-state index in [4.69, 9.17) is 5.84 Å². The maximum Gasteiger partial charge on any atom is 0.145 e. The Kier molecular flexibility index (Phi) is 3.55. The largest absolute Gasteiger partial charge is 0.340 e. The number of halogens is 1. The summed E-state index contributed by atoms with van der Waals surface area (Å²) in [6.07, 6.45) is 1.45. The van der Waals surface area contributed by atoms with Crippen LogP contribution in [0, 0.1) is 6.92 Å². The number of nitrogens with one attached hydrogen (secondary N) is 2. The summed E-state index contributed by atoms with van der Waals surface area (Å²) in [7, 11) is 0. The third kappa shape index (κ3) is 2.92. The molecule has 0 aliphatic heterocycles. The molecule has 0 aliphatic carbocycles. The Labute approximate surface area is 108 Å². The van der Waals surface area contributed by atoms with Crippen LogP contribution in [0.4, 0.5) is 17.3 Å².